The molecule has 7 nitrogen and oxygen atoms in total. The number of rotatable bonds is 8. The maximum absolute atomic E-state index is 12.7. The summed E-state index contributed by atoms with van der Waals surface area (Å²) in [4.78, 5) is 44.5. The second kappa shape index (κ2) is 11.5. The molecule has 0 saturated carbocycles. The second-order valence-electron chi connectivity index (χ2n) is 8.20. The molecule has 0 aliphatic carbocycles. The van der Waals surface area contributed by atoms with E-state index in [1.807, 2.05) is 29.3 Å². The van der Waals surface area contributed by atoms with Gasteiger partial charge in [-0.25, -0.2) is 0 Å². The minimum Gasteiger partial charge on any atom is -0.350 e. The van der Waals surface area contributed by atoms with Gasteiger partial charge in [0.2, 0.25) is 17.7 Å². The first-order valence-electron chi connectivity index (χ1n) is 11.1. The fraction of sp³-hybridized carbons (Fsp3) is 0.682. The molecule has 0 aromatic carbocycles. The van der Waals surface area contributed by atoms with E-state index in [1.165, 1.54) is 6.42 Å². The standard InChI is InChI=1S/C22H34N4O3S/c1-2-25(16-20(27)23-15-19-7-6-14-30-19)21(28)17-24-12-8-18(9-13-24)22(29)26-10-4-3-5-11-26/h6-7,14,18H,2-5,8-13,15-17H2,1H3,(H,23,27). The molecule has 0 radical (unpaired) electrons. The smallest absolute Gasteiger partial charge is 0.239 e. The molecule has 8 heteroatoms. The van der Waals surface area contributed by atoms with E-state index in [2.05, 4.69) is 10.2 Å². The van der Waals surface area contributed by atoms with Crippen LogP contribution in [0.25, 0.3) is 0 Å². The van der Waals surface area contributed by atoms with E-state index in [9.17, 15) is 14.4 Å². The van der Waals surface area contributed by atoms with Gasteiger partial charge in [0, 0.05) is 30.4 Å². The van der Waals surface area contributed by atoms with Crippen molar-refractivity contribution in [2.45, 2.75) is 45.6 Å². The van der Waals surface area contributed by atoms with Crippen molar-refractivity contribution in [1.29, 1.82) is 0 Å². The number of nitrogens with zero attached hydrogens (tertiary/aromatic N) is 3. The van der Waals surface area contributed by atoms with Crippen molar-refractivity contribution in [1.82, 2.24) is 20.0 Å². The second-order valence-corrected chi connectivity index (χ2v) is 9.23. The Morgan fingerprint density at radius 3 is 2.50 bits per heavy atom. The molecular weight excluding hydrogens is 400 g/mol. The van der Waals surface area contributed by atoms with Gasteiger partial charge in [0.1, 0.15) is 0 Å². The molecule has 30 heavy (non-hydrogen) atoms. The van der Waals surface area contributed by atoms with Gasteiger partial charge in [-0.3, -0.25) is 19.3 Å². The van der Waals surface area contributed by atoms with Crippen LogP contribution in [0.2, 0.25) is 0 Å². The predicted octanol–water partition coefficient (Wildman–Crippen LogP) is 1.94. The summed E-state index contributed by atoms with van der Waals surface area (Å²) in [6, 6.07) is 3.94. The number of amides is 3. The van der Waals surface area contributed by atoms with E-state index in [0.717, 1.165) is 56.7 Å². The molecule has 3 amide bonds. The lowest BCUT2D eigenvalue weighted by molar-refractivity contribution is -0.139. The highest BCUT2D eigenvalue weighted by Crippen LogP contribution is 2.22. The van der Waals surface area contributed by atoms with Crippen LogP contribution in [-0.2, 0) is 20.9 Å². The third kappa shape index (κ3) is 6.54. The number of nitrogens with one attached hydrogen (secondary N) is 1. The Kier molecular flexibility index (Phi) is 8.69. The molecule has 2 saturated heterocycles. The maximum Gasteiger partial charge on any atom is 0.239 e. The fourth-order valence-corrected chi connectivity index (χ4v) is 4.85. The van der Waals surface area contributed by atoms with Gasteiger partial charge < -0.3 is 15.1 Å². The van der Waals surface area contributed by atoms with E-state index in [4.69, 9.17) is 0 Å². The van der Waals surface area contributed by atoms with Crippen LogP contribution < -0.4 is 5.32 Å². The number of carbonyl (C=O) groups is 3. The van der Waals surface area contributed by atoms with E-state index in [1.54, 1.807) is 16.2 Å². The van der Waals surface area contributed by atoms with Crippen molar-refractivity contribution in [2.75, 3.05) is 45.8 Å². The molecule has 0 atom stereocenters. The molecular formula is C22H34N4O3S. The molecule has 166 valence electrons. The lowest BCUT2D eigenvalue weighted by atomic mass is 9.94. The normalized spacial score (nSPS) is 18.2. The van der Waals surface area contributed by atoms with E-state index in [-0.39, 0.29) is 24.3 Å². The molecule has 1 aromatic heterocycles. The van der Waals surface area contributed by atoms with Crippen LogP contribution in [0, 0.1) is 5.92 Å². The Hall–Kier alpha value is -1.93. The van der Waals surface area contributed by atoms with Gasteiger partial charge in [0.05, 0.1) is 19.6 Å². The third-order valence-electron chi connectivity index (χ3n) is 6.07. The quantitative estimate of drug-likeness (QED) is 0.679. The number of carbonyl (C=O) groups excluding carboxylic acids is 3. The summed E-state index contributed by atoms with van der Waals surface area (Å²) in [5.41, 5.74) is 0. The van der Waals surface area contributed by atoms with Crippen LogP contribution in [0.4, 0.5) is 0 Å². The Morgan fingerprint density at radius 1 is 1.13 bits per heavy atom. The number of likely N-dealkylation sites (tertiary alicyclic amines) is 2. The molecule has 1 aromatic rings. The topological polar surface area (TPSA) is 73.0 Å². The van der Waals surface area contributed by atoms with Crippen molar-refractivity contribution < 1.29 is 14.4 Å². The average Bonchev–Trinajstić information content (AvgIpc) is 3.30. The molecule has 1 N–H and O–H groups in total. The number of thiophene rings is 1. The maximum atomic E-state index is 12.7. The zero-order valence-corrected chi connectivity index (χ0v) is 18.8. The van der Waals surface area contributed by atoms with Gasteiger partial charge in [-0.15, -0.1) is 11.3 Å². The summed E-state index contributed by atoms with van der Waals surface area (Å²) < 4.78 is 0. The SMILES string of the molecule is CCN(CC(=O)NCc1cccs1)C(=O)CN1CCC(C(=O)N2CCCCC2)CC1. The summed E-state index contributed by atoms with van der Waals surface area (Å²) >= 11 is 1.60. The van der Waals surface area contributed by atoms with Crippen LogP contribution in [-0.4, -0.2) is 78.2 Å². The Balaban J connectivity index is 1.39. The average molecular weight is 435 g/mol. The number of hydrogen-bond acceptors (Lipinski definition) is 5. The zero-order chi connectivity index (χ0) is 21.3. The van der Waals surface area contributed by atoms with Gasteiger partial charge in [0.25, 0.3) is 0 Å². The Bertz CT molecular complexity index is 695. The van der Waals surface area contributed by atoms with Crippen LogP contribution in [0.3, 0.4) is 0 Å². The number of likely N-dealkylation sites (N-methyl/N-ethyl adjacent to an activating group) is 1. The molecule has 3 heterocycles. The largest absolute Gasteiger partial charge is 0.350 e. The zero-order valence-electron chi connectivity index (χ0n) is 18.0. The summed E-state index contributed by atoms with van der Waals surface area (Å²) in [5.74, 6) is 0.243. The van der Waals surface area contributed by atoms with E-state index < -0.39 is 0 Å². The summed E-state index contributed by atoms with van der Waals surface area (Å²) in [6.45, 7) is 6.64. The Morgan fingerprint density at radius 2 is 1.87 bits per heavy atom. The third-order valence-corrected chi connectivity index (χ3v) is 6.95. The molecule has 0 unspecified atom stereocenters. The molecule has 2 aliphatic rings. The lowest BCUT2D eigenvalue weighted by Crippen LogP contribution is -2.48. The van der Waals surface area contributed by atoms with Crippen LogP contribution >= 0.6 is 11.3 Å². The lowest BCUT2D eigenvalue weighted by Gasteiger charge is -2.35. The van der Waals surface area contributed by atoms with Crippen LogP contribution in [0.5, 0.6) is 0 Å². The van der Waals surface area contributed by atoms with Crippen LogP contribution in [0.1, 0.15) is 43.9 Å². The number of piperidine rings is 2. The highest BCUT2D eigenvalue weighted by atomic mass is 32.1. The van der Waals surface area contributed by atoms with E-state index in [0.29, 0.717) is 25.5 Å². The fourth-order valence-electron chi connectivity index (χ4n) is 4.21. The highest BCUT2D eigenvalue weighted by molar-refractivity contribution is 7.09. The summed E-state index contributed by atoms with van der Waals surface area (Å²) in [5, 5.41) is 4.86. The van der Waals surface area contributed by atoms with Gasteiger partial charge in [-0.2, -0.15) is 0 Å². The molecule has 2 fully saturated rings. The summed E-state index contributed by atoms with van der Waals surface area (Å²) in [7, 11) is 0. The molecule has 2 aliphatic heterocycles. The van der Waals surface area contributed by atoms with Gasteiger partial charge in [-0.1, -0.05) is 6.07 Å². The highest BCUT2D eigenvalue weighted by Gasteiger charge is 2.30. The van der Waals surface area contributed by atoms with Gasteiger partial charge in [0.15, 0.2) is 0 Å². The predicted molar refractivity (Wildman–Crippen MR) is 118 cm³/mol. The minimum atomic E-state index is -0.135. The molecule has 3 rings (SSSR count). The van der Waals surface area contributed by atoms with Crippen molar-refractivity contribution in [2.24, 2.45) is 5.92 Å². The minimum absolute atomic E-state index is 0.0235. The van der Waals surface area contributed by atoms with E-state index >= 15 is 0 Å². The van der Waals surface area contributed by atoms with Gasteiger partial charge in [-0.05, 0) is 63.6 Å². The van der Waals surface area contributed by atoms with Gasteiger partial charge >= 0.3 is 0 Å². The van der Waals surface area contributed by atoms with Crippen molar-refractivity contribution >= 4 is 29.1 Å². The van der Waals surface area contributed by atoms with Crippen molar-refractivity contribution in [3.05, 3.63) is 22.4 Å². The first-order valence-corrected chi connectivity index (χ1v) is 12.0. The number of hydrogen-bond donors (Lipinski definition) is 1. The van der Waals surface area contributed by atoms with Crippen molar-refractivity contribution in [3.63, 3.8) is 0 Å². The van der Waals surface area contributed by atoms with Crippen molar-refractivity contribution in [3.8, 4) is 0 Å². The monoisotopic (exact) mass is 434 g/mol. The first kappa shape index (κ1) is 22.7. The Labute approximate surface area is 183 Å². The van der Waals surface area contributed by atoms with Crippen LogP contribution in [0.15, 0.2) is 17.5 Å². The molecule has 0 spiro atoms. The summed E-state index contributed by atoms with van der Waals surface area (Å²) in [6.07, 6.45) is 5.09. The first-order chi connectivity index (χ1) is 14.6. The molecule has 0 bridgehead atoms.